The number of aromatic nitrogens is 3. The Bertz CT molecular complexity index is 844. The molecule has 0 aromatic carbocycles. The summed E-state index contributed by atoms with van der Waals surface area (Å²) in [5, 5.41) is 14.6. The molecule has 2 aromatic rings. The largest absolute Gasteiger partial charge is 0.378 e. The molecule has 3 heterocycles. The lowest BCUT2D eigenvalue weighted by Gasteiger charge is -2.25. The van der Waals surface area contributed by atoms with E-state index in [2.05, 4.69) is 36.2 Å². The SMILES string of the molecule is O=C(NNC(=O)c1csc(N2CCOCC2)n1)Nc1nnc(C2CCCCC2)s1. The summed E-state index contributed by atoms with van der Waals surface area (Å²) in [6.07, 6.45) is 5.94. The van der Waals surface area contributed by atoms with Gasteiger partial charge in [0.05, 0.1) is 13.2 Å². The lowest BCUT2D eigenvalue weighted by Crippen LogP contribution is -2.44. The standard InChI is InChI=1S/C17H23N7O3S2/c25-13(12-10-28-17(18-12)24-6-8-27-9-7-24)20-22-15(26)19-16-23-21-14(29-16)11-4-2-1-3-5-11/h10-11H,1-9H2,(H,20,25)(H2,19,22,23,26). The quantitative estimate of drug-likeness (QED) is 0.628. The fourth-order valence-electron chi connectivity index (χ4n) is 3.37. The van der Waals surface area contributed by atoms with Crippen LogP contribution >= 0.6 is 22.7 Å². The zero-order chi connectivity index (χ0) is 20.1. The molecule has 156 valence electrons. The number of ether oxygens (including phenoxy) is 1. The topological polar surface area (TPSA) is 121 Å². The molecule has 1 saturated heterocycles. The number of hydrogen-bond donors (Lipinski definition) is 3. The van der Waals surface area contributed by atoms with Gasteiger partial charge in [-0.2, -0.15) is 0 Å². The number of carbonyl (C=O) groups is 2. The van der Waals surface area contributed by atoms with Gasteiger partial charge in [0.2, 0.25) is 5.13 Å². The summed E-state index contributed by atoms with van der Waals surface area (Å²) < 4.78 is 5.32. The van der Waals surface area contributed by atoms with E-state index in [1.165, 1.54) is 41.9 Å². The van der Waals surface area contributed by atoms with Gasteiger partial charge in [-0.3, -0.25) is 15.5 Å². The Kier molecular flexibility index (Phi) is 6.52. The van der Waals surface area contributed by atoms with Crippen molar-refractivity contribution in [3.8, 4) is 0 Å². The molecule has 4 rings (SSSR count). The van der Waals surface area contributed by atoms with Crippen LogP contribution in [0.5, 0.6) is 0 Å². The van der Waals surface area contributed by atoms with E-state index in [-0.39, 0.29) is 5.69 Å². The van der Waals surface area contributed by atoms with E-state index in [0.717, 1.165) is 36.1 Å². The monoisotopic (exact) mass is 437 g/mol. The lowest BCUT2D eigenvalue weighted by molar-refractivity contribution is 0.0933. The average molecular weight is 438 g/mol. The van der Waals surface area contributed by atoms with Crippen molar-refractivity contribution in [2.75, 3.05) is 36.5 Å². The summed E-state index contributed by atoms with van der Waals surface area (Å²) in [6, 6.07) is -0.576. The molecule has 2 aromatic heterocycles. The third kappa shape index (κ3) is 5.19. The molecule has 0 atom stereocenters. The molecular weight excluding hydrogens is 414 g/mol. The van der Waals surface area contributed by atoms with Gasteiger partial charge < -0.3 is 9.64 Å². The number of nitrogens with one attached hydrogen (secondary N) is 3. The number of morpholine rings is 1. The van der Waals surface area contributed by atoms with Crippen LogP contribution in [0.2, 0.25) is 0 Å². The van der Waals surface area contributed by atoms with Gasteiger partial charge in [-0.15, -0.1) is 21.5 Å². The number of urea groups is 1. The first kappa shape index (κ1) is 20.0. The second-order valence-electron chi connectivity index (χ2n) is 6.93. The van der Waals surface area contributed by atoms with Crippen molar-refractivity contribution in [2.45, 2.75) is 38.0 Å². The first-order valence-corrected chi connectivity index (χ1v) is 11.4. The average Bonchev–Trinajstić information content (AvgIpc) is 3.43. The molecule has 1 aliphatic carbocycles. The number of rotatable bonds is 4. The molecule has 2 aliphatic rings. The minimum Gasteiger partial charge on any atom is -0.378 e. The van der Waals surface area contributed by atoms with Gasteiger partial charge in [0, 0.05) is 24.4 Å². The van der Waals surface area contributed by atoms with Crippen LogP contribution in [-0.2, 0) is 4.74 Å². The van der Waals surface area contributed by atoms with Crippen LogP contribution in [0.1, 0.15) is 53.5 Å². The molecule has 3 amide bonds. The highest BCUT2D eigenvalue weighted by Gasteiger charge is 2.21. The smallest absolute Gasteiger partial charge is 0.339 e. The molecule has 0 unspecified atom stereocenters. The first-order chi connectivity index (χ1) is 14.2. The molecule has 10 nitrogen and oxygen atoms in total. The lowest BCUT2D eigenvalue weighted by atomic mass is 9.90. The first-order valence-electron chi connectivity index (χ1n) is 9.68. The maximum absolute atomic E-state index is 12.2. The van der Waals surface area contributed by atoms with Crippen molar-refractivity contribution in [1.29, 1.82) is 0 Å². The number of amides is 3. The third-order valence-electron chi connectivity index (χ3n) is 4.91. The van der Waals surface area contributed by atoms with Crippen LogP contribution in [0.15, 0.2) is 5.38 Å². The van der Waals surface area contributed by atoms with Crippen LogP contribution in [0.3, 0.4) is 0 Å². The highest BCUT2D eigenvalue weighted by Crippen LogP contribution is 2.35. The van der Waals surface area contributed by atoms with Gasteiger partial charge >= 0.3 is 6.03 Å². The normalized spacial score (nSPS) is 17.7. The van der Waals surface area contributed by atoms with Gasteiger partial charge in [-0.05, 0) is 12.8 Å². The van der Waals surface area contributed by atoms with E-state index < -0.39 is 11.9 Å². The van der Waals surface area contributed by atoms with Gasteiger partial charge in [0.25, 0.3) is 5.91 Å². The Balaban J connectivity index is 1.24. The Morgan fingerprint density at radius 3 is 2.69 bits per heavy atom. The zero-order valence-electron chi connectivity index (χ0n) is 15.8. The molecule has 0 spiro atoms. The second-order valence-corrected chi connectivity index (χ2v) is 8.77. The highest BCUT2D eigenvalue weighted by atomic mass is 32.1. The fraction of sp³-hybridized carbons (Fsp3) is 0.588. The Labute approximate surface area is 176 Å². The van der Waals surface area contributed by atoms with Crippen molar-refractivity contribution in [3.63, 3.8) is 0 Å². The van der Waals surface area contributed by atoms with Crippen molar-refractivity contribution in [1.82, 2.24) is 26.0 Å². The molecule has 2 fully saturated rings. The Morgan fingerprint density at radius 2 is 1.90 bits per heavy atom. The van der Waals surface area contributed by atoms with Crippen LogP contribution in [-0.4, -0.2) is 53.4 Å². The Morgan fingerprint density at radius 1 is 1.10 bits per heavy atom. The van der Waals surface area contributed by atoms with Gasteiger partial charge in [0.1, 0.15) is 10.7 Å². The van der Waals surface area contributed by atoms with Crippen LogP contribution in [0.4, 0.5) is 15.1 Å². The van der Waals surface area contributed by atoms with Crippen molar-refractivity contribution in [3.05, 3.63) is 16.1 Å². The predicted octanol–water partition coefficient (Wildman–Crippen LogP) is 2.35. The maximum atomic E-state index is 12.2. The van der Waals surface area contributed by atoms with E-state index in [4.69, 9.17) is 4.74 Å². The van der Waals surface area contributed by atoms with E-state index in [1.54, 1.807) is 5.38 Å². The van der Waals surface area contributed by atoms with Crippen LogP contribution in [0.25, 0.3) is 0 Å². The second kappa shape index (κ2) is 9.46. The minimum atomic E-state index is -0.576. The van der Waals surface area contributed by atoms with E-state index in [1.807, 2.05) is 0 Å². The van der Waals surface area contributed by atoms with E-state index in [9.17, 15) is 9.59 Å². The number of hydrogen-bond acceptors (Lipinski definition) is 9. The molecule has 12 heteroatoms. The van der Waals surface area contributed by atoms with Gasteiger partial charge in [0.15, 0.2) is 5.13 Å². The van der Waals surface area contributed by atoms with E-state index >= 15 is 0 Å². The molecule has 29 heavy (non-hydrogen) atoms. The number of carbonyl (C=O) groups excluding carboxylic acids is 2. The van der Waals surface area contributed by atoms with Crippen LogP contribution < -0.4 is 21.1 Å². The molecule has 1 saturated carbocycles. The van der Waals surface area contributed by atoms with Crippen molar-refractivity contribution in [2.24, 2.45) is 0 Å². The molecule has 0 radical (unpaired) electrons. The minimum absolute atomic E-state index is 0.257. The van der Waals surface area contributed by atoms with E-state index in [0.29, 0.717) is 24.3 Å². The molecule has 3 N–H and O–H groups in total. The fourth-order valence-corrected chi connectivity index (χ4v) is 5.14. The van der Waals surface area contributed by atoms with Crippen molar-refractivity contribution < 1.29 is 14.3 Å². The molecular formula is C17H23N7O3S2. The number of thiazole rings is 1. The number of nitrogens with zero attached hydrogens (tertiary/aromatic N) is 4. The Hall–Kier alpha value is -2.31. The third-order valence-corrected chi connectivity index (χ3v) is 6.81. The summed E-state index contributed by atoms with van der Waals surface area (Å²) in [5.74, 6) is -0.0408. The highest BCUT2D eigenvalue weighted by molar-refractivity contribution is 7.15. The summed E-state index contributed by atoms with van der Waals surface area (Å²) in [6.45, 7) is 2.80. The summed E-state index contributed by atoms with van der Waals surface area (Å²) in [4.78, 5) is 30.7. The zero-order valence-corrected chi connectivity index (χ0v) is 17.5. The summed E-state index contributed by atoms with van der Waals surface area (Å²) in [7, 11) is 0. The maximum Gasteiger partial charge on any atom is 0.339 e. The number of hydrazine groups is 1. The predicted molar refractivity (Wildman–Crippen MR) is 111 cm³/mol. The van der Waals surface area contributed by atoms with Gasteiger partial charge in [-0.25, -0.2) is 15.2 Å². The van der Waals surface area contributed by atoms with Crippen molar-refractivity contribution >= 4 is 44.9 Å². The van der Waals surface area contributed by atoms with Gasteiger partial charge in [-0.1, -0.05) is 30.6 Å². The van der Waals surface area contributed by atoms with Crippen LogP contribution in [0, 0.1) is 0 Å². The molecule has 1 aliphatic heterocycles. The summed E-state index contributed by atoms with van der Waals surface area (Å²) >= 11 is 2.78. The molecule has 0 bridgehead atoms. The summed E-state index contributed by atoms with van der Waals surface area (Å²) in [5.41, 5.74) is 4.95. The number of anilines is 2.